The Morgan fingerprint density at radius 1 is 0.789 bits per heavy atom. The number of imidazole rings is 2. The number of hydrogen-bond acceptors (Lipinski definition) is 8. The van der Waals surface area contributed by atoms with Gasteiger partial charge < -0.3 is 34.4 Å². The van der Waals surface area contributed by atoms with Gasteiger partial charge in [-0.3, -0.25) is 9.69 Å². The molecule has 2 aliphatic rings. The monoisotopic (exact) mass is 783 g/mol. The van der Waals surface area contributed by atoms with Crippen LogP contribution in [0.4, 0.5) is 18.4 Å². The van der Waals surface area contributed by atoms with Crippen LogP contribution in [0.3, 0.4) is 0 Å². The first-order chi connectivity index (χ1) is 27.3. The van der Waals surface area contributed by atoms with Crippen molar-refractivity contribution < 1.29 is 37.4 Å². The number of halogens is 2. The van der Waals surface area contributed by atoms with E-state index in [9.17, 15) is 23.2 Å². The third kappa shape index (κ3) is 8.78. The minimum atomic E-state index is -3.12. The van der Waals surface area contributed by atoms with Crippen LogP contribution in [0.5, 0.6) is 0 Å². The maximum absolute atomic E-state index is 13.6. The zero-order chi connectivity index (χ0) is 40.4. The van der Waals surface area contributed by atoms with Crippen molar-refractivity contribution in [3.8, 4) is 33.6 Å². The van der Waals surface area contributed by atoms with Crippen LogP contribution in [0.25, 0.3) is 44.4 Å². The summed E-state index contributed by atoms with van der Waals surface area (Å²) in [5, 5.41) is 4.44. The Balaban J connectivity index is 1.03. The minimum Gasteiger partial charge on any atom is -0.453 e. The Morgan fingerprint density at radius 3 is 1.91 bits per heavy atom. The molecule has 2 fully saturated rings. The molecular weight excluding hydrogens is 737 g/mol. The van der Waals surface area contributed by atoms with E-state index in [1.165, 1.54) is 11.8 Å². The number of benzene rings is 3. The molecule has 3 aromatic carbocycles. The number of hydrogen-bond donors (Lipinski definition) is 3. The van der Waals surface area contributed by atoms with Crippen LogP contribution < -0.4 is 5.32 Å². The predicted octanol–water partition coefficient (Wildman–Crippen LogP) is 8.37. The van der Waals surface area contributed by atoms with Gasteiger partial charge in [0.15, 0.2) is 0 Å². The molecule has 2 aromatic heterocycles. The molecule has 0 unspecified atom stereocenters. The predicted molar refractivity (Wildman–Crippen MR) is 209 cm³/mol. The van der Waals surface area contributed by atoms with Gasteiger partial charge in [-0.1, -0.05) is 48.5 Å². The molecule has 15 heteroatoms. The summed E-state index contributed by atoms with van der Waals surface area (Å²) in [6.45, 7) is 4.78. The molecule has 2 saturated heterocycles. The first-order valence-corrected chi connectivity index (χ1v) is 19.1. The van der Waals surface area contributed by atoms with Crippen molar-refractivity contribution in [3.05, 3.63) is 84.7 Å². The van der Waals surface area contributed by atoms with Gasteiger partial charge in [0.2, 0.25) is 5.91 Å². The molecule has 4 atom stereocenters. The molecule has 0 spiro atoms. The summed E-state index contributed by atoms with van der Waals surface area (Å²) >= 11 is 0. The summed E-state index contributed by atoms with van der Waals surface area (Å²) < 4.78 is 40.9. The Bertz CT molecular complexity index is 2230. The lowest BCUT2D eigenvalue weighted by Crippen LogP contribution is -2.54. The maximum atomic E-state index is 13.6. The fourth-order valence-electron chi connectivity index (χ4n) is 7.63. The van der Waals surface area contributed by atoms with E-state index in [2.05, 4.69) is 89.3 Å². The van der Waals surface area contributed by atoms with Gasteiger partial charge in [0.05, 0.1) is 49.1 Å². The van der Waals surface area contributed by atoms with Crippen LogP contribution in [0.2, 0.25) is 0 Å². The second kappa shape index (κ2) is 16.3. The molecule has 300 valence electrons. The van der Waals surface area contributed by atoms with E-state index < -0.39 is 42.4 Å². The van der Waals surface area contributed by atoms with Crippen molar-refractivity contribution in [3.63, 3.8) is 0 Å². The zero-order valence-electron chi connectivity index (χ0n) is 32.6. The van der Waals surface area contributed by atoms with Gasteiger partial charge in [-0.15, -0.1) is 0 Å². The Morgan fingerprint density at radius 2 is 1.32 bits per heavy atom. The molecule has 4 heterocycles. The van der Waals surface area contributed by atoms with Crippen molar-refractivity contribution in [1.29, 1.82) is 0 Å². The average Bonchev–Trinajstić information content (AvgIpc) is 4.02. The van der Waals surface area contributed by atoms with Crippen LogP contribution in [-0.4, -0.2) is 92.4 Å². The quantitative estimate of drug-likeness (QED) is 0.128. The number of nitrogens with one attached hydrogen (secondary N) is 3. The molecule has 7 rings (SSSR count). The summed E-state index contributed by atoms with van der Waals surface area (Å²) in [5.41, 5.74) is 5.09. The van der Waals surface area contributed by atoms with E-state index in [-0.39, 0.29) is 12.1 Å². The molecule has 5 aromatic rings. The van der Waals surface area contributed by atoms with Gasteiger partial charge in [0.25, 0.3) is 0 Å². The molecule has 0 saturated carbocycles. The number of fused-ring (bicyclic) bond motifs is 1. The Kier molecular flexibility index (Phi) is 11.3. The number of amides is 3. The van der Waals surface area contributed by atoms with Gasteiger partial charge >= 0.3 is 18.8 Å². The summed E-state index contributed by atoms with van der Waals surface area (Å²) in [4.78, 5) is 57.8. The number of aromatic amines is 2. The Labute approximate surface area is 329 Å². The molecule has 13 nitrogen and oxygen atoms in total. The minimum absolute atomic E-state index is 0.153. The van der Waals surface area contributed by atoms with E-state index in [4.69, 9.17) is 4.74 Å². The average molecular weight is 784 g/mol. The lowest BCUT2D eigenvalue weighted by Gasteiger charge is -2.30. The number of likely N-dealkylation sites (tertiary alicyclic amines) is 2. The molecule has 57 heavy (non-hydrogen) atoms. The van der Waals surface area contributed by atoms with Crippen LogP contribution in [0.1, 0.15) is 77.1 Å². The standard InChI is InChI=1S/C42H47F2N7O6/c1-24(56-39(43)44)35(49-40(53)55-5)38(52)50-18-6-8-33(50)36-46-23-32(48-36)30-17-16-28-20-27(14-15-29(28)21-30)25-10-12-26(13-11-25)31-22-45-37(47-31)34-9-7-19-51(34)41(54)57-42(2,3)4/h10-17,20-24,33-35,39H,6-9,18-19H2,1-5H3,(H,45,47)(H,46,48)(H,49,53)/t24-,33+,34+,35+/m1/s1. The van der Waals surface area contributed by atoms with E-state index in [1.807, 2.05) is 33.0 Å². The number of alkyl halides is 2. The van der Waals surface area contributed by atoms with Crippen molar-refractivity contribution in [2.24, 2.45) is 0 Å². The Hall–Kier alpha value is -5.83. The van der Waals surface area contributed by atoms with Crippen LogP contribution >= 0.6 is 0 Å². The molecule has 0 bridgehead atoms. The number of H-pyrrole nitrogens is 2. The van der Waals surface area contributed by atoms with E-state index in [0.29, 0.717) is 31.8 Å². The van der Waals surface area contributed by atoms with Gasteiger partial charge in [0.1, 0.15) is 23.3 Å². The van der Waals surface area contributed by atoms with E-state index >= 15 is 0 Å². The molecular formula is C42H47F2N7O6. The number of ether oxygens (including phenoxy) is 3. The fourth-order valence-corrected chi connectivity index (χ4v) is 7.63. The van der Waals surface area contributed by atoms with Gasteiger partial charge in [-0.05, 0) is 93.0 Å². The number of methoxy groups -OCH3 is 1. The van der Waals surface area contributed by atoms with Crippen molar-refractivity contribution in [2.75, 3.05) is 20.2 Å². The topological polar surface area (TPSA) is 155 Å². The highest BCUT2D eigenvalue weighted by Crippen LogP contribution is 2.36. The van der Waals surface area contributed by atoms with Gasteiger partial charge in [-0.25, -0.2) is 19.6 Å². The smallest absolute Gasteiger partial charge is 0.410 e. The number of carbonyl (C=O) groups excluding carboxylic acids is 3. The SMILES string of the molecule is COC(=O)N[C@H](C(=O)N1CCC[C@H]1c1ncc(-c2ccc3cc(-c4ccc(-c5cnc([C@@H]6CCCN6C(=O)OC(C)(C)C)[nH]5)cc4)ccc3c2)[nH]1)[C@@H](C)OC(F)F. The van der Waals surface area contributed by atoms with E-state index in [0.717, 1.165) is 70.2 Å². The molecule has 0 aliphatic carbocycles. The largest absolute Gasteiger partial charge is 0.453 e. The molecule has 0 radical (unpaired) electrons. The normalized spacial score (nSPS) is 18.2. The maximum Gasteiger partial charge on any atom is 0.410 e. The van der Waals surface area contributed by atoms with Crippen LogP contribution in [0, 0.1) is 0 Å². The van der Waals surface area contributed by atoms with Crippen molar-refractivity contribution in [1.82, 2.24) is 35.1 Å². The molecule has 3 N–H and O–H groups in total. The first-order valence-electron chi connectivity index (χ1n) is 19.1. The summed E-state index contributed by atoms with van der Waals surface area (Å²) in [6, 6.07) is 18.7. The number of aromatic nitrogens is 4. The van der Waals surface area contributed by atoms with Crippen molar-refractivity contribution in [2.45, 2.75) is 89.8 Å². The first kappa shape index (κ1) is 39.4. The van der Waals surface area contributed by atoms with Gasteiger partial charge in [-0.2, -0.15) is 8.78 Å². The van der Waals surface area contributed by atoms with Crippen LogP contribution in [-0.2, 0) is 19.0 Å². The number of nitrogens with zero attached hydrogens (tertiary/aromatic N) is 4. The third-order valence-electron chi connectivity index (χ3n) is 10.4. The van der Waals surface area contributed by atoms with Gasteiger partial charge in [0, 0.05) is 18.7 Å². The fraction of sp³-hybridized carbons (Fsp3) is 0.405. The lowest BCUT2D eigenvalue weighted by atomic mass is 9.98. The zero-order valence-corrected chi connectivity index (χ0v) is 32.6. The summed E-state index contributed by atoms with van der Waals surface area (Å²) in [5.74, 6) is 0.747. The highest BCUT2D eigenvalue weighted by molar-refractivity contribution is 5.91. The highest BCUT2D eigenvalue weighted by Gasteiger charge is 2.40. The van der Waals surface area contributed by atoms with Crippen LogP contribution in [0.15, 0.2) is 73.1 Å². The number of rotatable bonds is 10. The lowest BCUT2D eigenvalue weighted by molar-refractivity contribution is -0.171. The highest BCUT2D eigenvalue weighted by atomic mass is 19.3. The second-order valence-electron chi connectivity index (χ2n) is 15.5. The summed E-state index contributed by atoms with van der Waals surface area (Å²) in [7, 11) is 1.13. The second-order valence-corrected chi connectivity index (χ2v) is 15.5. The molecule has 2 aliphatic heterocycles. The number of alkyl carbamates (subject to hydrolysis) is 1. The van der Waals surface area contributed by atoms with Crippen molar-refractivity contribution >= 4 is 28.9 Å². The summed E-state index contributed by atoms with van der Waals surface area (Å²) in [6.07, 6.45) is 3.96. The molecule has 3 amide bonds. The third-order valence-corrected chi connectivity index (χ3v) is 10.4. The van der Waals surface area contributed by atoms with E-state index in [1.54, 1.807) is 11.1 Å². The number of carbonyl (C=O) groups is 3.